The Morgan fingerprint density at radius 3 is 3.09 bits per heavy atom. The fourth-order valence-corrected chi connectivity index (χ4v) is 1.48. The van der Waals surface area contributed by atoms with E-state index in [1.54, 1.807) is 11.5 Å². The smallest absolute Gasteiger partial charge is 0.110 e. The van der Waals surface area contributed by atoms with Gasteiger partial charge in [-0.3, -0.25) is 4.99 Å². The maximum Gasteiger partial charge on any atom is 0.110 e. The Hall–Kier alpha value is -1.03. The van der Waals surface area contributed by atoms with Crippen molar-refractivity contribution < 1.29 is 0 Å². The van der Waals surface area contributed by atoms with E-state index in [1.165, 1.54) is 11.4 Å². The molecule has 0 bridgehead atoms. The average molecular weight is 167 g/mol. The number of nitrogens with zero attached hydrogens (tertiary/aromatic N) is 2. The molecule has 0 fully saturated rings. The molecule has 3 nitrogen and oxygen atoms in total. The molecule has 2 heterocycles. The lowest BCUT2D eigenvalue weighted by molar-refractivity contribution is 0.493. The van der Waals surface area contributed by atoms with Crippen molar-refractivity contribution in [1.29, 1.82) is 0 Å². The zero-order valence-electron chi connectivity index (χ0n) is 6.24. The number of hydrogen-bond donors (Lipinski definition) is 1. The third-order valence-corrected chi connectivity index (χ3v) is 2.36. The van der Waals surface area contributed by atoms with Crippen LogP contribution in [0.1, 0.15) is 5.69 Å². The standard InChI is InChI=1S/C7H9N3S/c1-10-5-8-3-2-7(10)6-4-11-9-6/h2-4,9H,5H2,1H3. The van der Waals surface area contributed by atoms with Crippen LogP contribution in [0, 0.1) is 0 Å². The van der Waals surface area contributed by atoms with Gasteiger partial charge in [-0.1, -0.05) is 11.5 Å². The van der Waals surface area contributed by atoms with E-state index >= 15 is 0 Å². The molecule has 0 atom stereocenters. The molecule has 0 spiro atoms. The first-order valence-electron chi connectivity index (χ1n) is 3.41. The first-order valence-corrected chi connectivity index (χ1v) is 4.29. The highest BCUT2D eigenvalue weighted by molar-refractivity contribution is 7.05. The molecule has 58 valence electrons. The van der Waals surface area contributed by atoms with Crippen LogP contribution in [0.25, 0.3) is 5.70 Å². The molecule has 0 aromatic carbocycles. The second-order valence-corrected chi connectivity index (χ2v) is 3.15. The van der Waals surface area contributed by atoms with Gasteiger partial charge in [0.1, 0.15) is 6.67 Å². The van der Waals surface area contributed by atoms with E-state index in [4.69, 9.17) is 0 Å². The molecule has 0 aliphatic carbocycles. The monoisotopic (exact) mass is 167 g/mol. The third-order valence-electron chi connectivity index (χ3n) is 1.66. The van der Waals surface area contributed by atoms with Gasteiger partial charge in [0.25, 0.3) is 0 Å². The van der Waals surface area contributed by atoms with Crippen LogP contribution in [-0.2, 0) is 0 Å². The summed E-state index contributed by atoms with van der Waals surface area (Å²) in [7, 11) is 2.04. The maximum absolute atomic E-state index is 4.11. The van der Waals surface area contributed by atoms with E-state index in [0.717, 1.165) is 6.67 Å². The van der Waals surface area contributed by atoms with Gasteiger partial charge >= 0.3 is 0 Å². The van der Waals surface area contributed by atoms with Crippen LogP contribution in [0.5, 0.6) is 0 Å². The fourth-order valence-electron chi connectivity index (χ4n) is 1.02. The van der Waals surface area contributed by atoms with Crippen molar-refractivity contribution in [3.8, 4) is 0 Å². The Kier molecular flexibility index (Phi) is 1.54. The summed E-state index contributed by atoms with van der Waals surface area (Å²) in [6, 6.07) is 0. The summed E-state index contributed by atoms with van der Waals surface area (Å²) in [5.41, 5.74) is 2.42. The van der Waals surface area contributed by atoms with Crippen molar-refractivity contribution in [1.82, 2.24) is 9.27 Å². The predicted molar refractivity (Wildman–Crippen MR) is 47.8 cm³/mol. The number of hydrogen-bond acceptors (Lipinski definition) is 3. The first-order chi connectivity index (χ1) is 5.38. The minimum absolute atomic E-state index is 0.759. The third kappa shape index (κ3) is 1.09. The van der Waals surface area contributed by atoms with Crippen molar-refractivity contribution in [3.05, 3.63) is 17.2 Å². The van der Waals surface area contributed by atoms with E-state index in [9.17, 15) is 0 Å². The van der Waals surface area contributed by atoms with Gasteiger partial charge in [-0.05, 0) is 6.08 Å². The molecule has 1 aromatic rings. The molecule has 0 radical (unpaired) electrons. The van der Waals surface area contributed by atoms with E-state index in [1.807, 2.05) is 19.3 Å². The number of nitrogens with one attached hydrogen (secondary N) is 1. The Balaban J connectivity index is 2.27. The largest absolute Gasteiger partial charge is 0.354 e. The highest BCUT2D eigenvalue weighted by Gasteiger charge is 2.10. The topological polar surface area (TPSA) is 31.4 Å². The van der Waals surface area contributed by atoms with E-state index in [-0.39, 0.29) is 0 Å². The summed E-state index contributed by atoms with van der Waals surface area (Å²) < 4.78 is 3.15. The molecule has 1 aromatic heterocycles. The van der Waals surface area contributed by atoms with Crippen LogP contribution in [0.4, 0.5) is 0 Å². The number of aliphatic imine (C=N–C) groups is 1. The lowest BCUT2D eigenvalue weighted by atomic mass is 10.3. The van der Waals surface area contributed by atoms with Gasteiger partial charge in [0.2, 0.25) is 0 Å². The van der Waals surface area contributed by atoms with Gasteiger partial charge in [-0.2, -0.15) is 0 Å². The van der Waals surface area contributed by atoms with E-state index in [2.05, 4.69) is 19.6 Å². The molecule has 1 aliphatic rings. The van der Waals surface area contributed by atoms with Gasteiger partial charge in [0.15, 0.2) is 0 Å². The van der Waals surface area contributed by atoms with Crippen molar-refractivity contribution in [2.24, 2.45) is 4.99 Å². The number of rotatable bonds is 1. The SMILES string of the molecule is CN1CN=CC=C1c1cs[nH]1. The second-order valence-electron chi connectivity index (χ2n) is 2.47. The molecule has 0 saturated heterocycles. The van der Waals surface area contributed by atoms with Gasteiger partial charge in [0, 0.05) is 18.6 Å². The Bertz CT molecular complexity index is 285. The molecule has 11 heavy (non-hydrogen) atoms. The summed E-state index contributed by atoms with van der Waals surface area (Å²) in [5, 5.41) is 2.10. The zero-order chi connectivity index (χ0) is 7.68. The summed E-state index contributed by atoms with van der Waals surface area (Å²) in [6.45, 7) is 0.759. The average Bonchev–Trinajstić information content (AvgIpc) is 1.90. The van der Waals surface area contributed by atoms with Gasteiger partial charge in [0.05, 0.1) is 11.4 Å². The molecule has 2 rings (SSSR count). The Morgan fingerprint density at radius 2 is 2.55 bits per heavy atom. The summed E-state index contributed by atoms with van der Waals surface area (Å²) in [5.74, 6) is 0. The van der Waals surface area contributed by atoms with Gasteiger partial charge < -0.3 is 9.27 Å². The first kappa shape index (κ1) is 6.67. The predicted octanol–water partition coefficient (Wildman–Crippen LogP) is 1.39. The maximum atomic E-state index is 4.11. The van der Waals surface area contributed by atoms with Crippen LogP contribution in [0.3, 0.4) is 0 Å². The number of H-pyrrole nitrogens is 1. The second kappa shape index (κ2) is 2.54. The lowest BCUT2D eigenvalue weighted by Crippen LogP contribution is -2.20. The van der Waals surface area contributed by atoms with Gasteiger partial charge in [-0.15, -0.1) is 0 Å². The molecule has 0 unspecified atom stereocenters. The highest BCUT2D eigenvalue weighted by Crippen LogP contribution is 2.20. The minimum Gasteiger partial charge on any atom is -0.354 e. The normalized spacial score (nSPS) is 17.2. The summed E-state index contributed by atoms with van der Waals surface area (Å²) in [6.07, 6.45) is 3.86. The van der Waals surface area contributed by atoms with E-state index in [0.29, 0.717) is 0 Å². The van der Waals surface area contributed by atoms with E-state index < -0.39 is 0 Å². The molecule has 0 amide bonds. The van der Waals surface area contributed by atoms with Crippen LogP contribution in [-0.4, -0.2) is 29.2 Å². The number of aromatic amines is 1. The van der Waals surface area contributed by atoms with Crippen molar-refractivity contribution in [2.45, 2.75) is 0 Å². The van der Waals surface area contributed by atoms with Crippen LogP contribution in [0.2, 0.25) is 0 Å². The number of allylic oxidation sites excluding steroid dienone is 1. The lowest BCUT2D eigenvalue weighted by Gasteiger charge is -2.23. The van der Waals surface area contributed by atoms with Crippen molar-refractivity contribution in [2.75, 3.05) is 13.7 Å². The van der Waals surface area contributed by atoms with Crippen LogP contribution in [0.15, 0.2) is 16.4 Å². The Morgan fingerprint density at radius 1 is 1.73 bits per heavy atom. The molecule has 4 heteroatoms. The van der Waals surface area contributed by atoms with Crippen LogP contribution >= 0.6 is 11.5 Å². The van der Waals surface area contributed by atoms with Crippen molar-refractivity contribution in [3.63, 3.8) is 0 Å². The quantitative estimate of drug-likeness (QED) is 0.673. The van der Waals surface area contributed by atoms with Crippen LogP contribution < -0.4 is 0 Å². The molecule has 0 saturated carbocycles. The van der Waals surface area contributed by atoms with Gasteiger partial charge in [-0.25, -0.2) is 0 Å². The van der Waals surface area contributed by atoms with Crippen molar-refractivity contribution >= 4 is 23.4 Å². The zero-order valence-corrected chi connectivity index (χ0v) is 7.06. The Labute approximate surface area is 69.2 Å². The highest BCUT2D eigenvalue weighted by atomic mass is 32.1. The summed E-state index contributed by atoms with van der Waals surface area (Å²) in [4.78, 5) is 6.22. The summed E-state index contributed by atoms with van der Waals surface area (Å²) >= 11 is 1.62. The molecular formula is C7H9N3S. The number of aromatic nitrogens is 1. The molecule has 1 N–H and O–H groups in total. The fraction of sp³-hybridized carbons (Fsp3) is 0.286. The molecular weight excluding hydrogens is 158 g/mol. The molecule has 1 aliphatic heterocycles. The minimum atomic E-state index is 0.759.